The molecule has 140 valence electrons. The molecule has 0 radical (unpaired) electrons. The van der Waals surface area contributed by atoms with Crippen molar-refractivity contribution in [3.8, 4) is 11.4 Å². The average molecular weight is 412 g/mol. The van der Waals surface area contributed by atoms with Crippen LogP contribution in [0.3, 0.4) is 0 Å². The lowest BCUT2D eigenvalue weighted by molar-refractivity contribution is 0.0973. The molecule has 1 amide bonds. The Labute approximate surface area is 158 Å². The first-order chi connectivity index (χ1) is 12.7. The molecule has 0 aliphatic rings. The quantitative estimate of drug-likeness (QED) is 0.715. The highest BCUT2D eigenvalue weighted by molar-refractivity contribution is 7.90. The minimum atomic E-state index is -4.25. The number of imidazole rings is 1. The van der Waals surface area contributed by atoms with E-state index in [1.807, 2.05) is 4.72 Å². The molecular weight excluding hydrogens is 400 g/mol. The van der Waals surface area contributed by atoms with Crippen molar-refractivity contribution in [2.45, 2.75) is 4.90 Å². The van der Waals surface area contributed by atoms with Crippen LogP contribution in [0.5, 0.6) is 0 Å². The van der Waals surface area contributed by atoms with E-state index in [9.17, 15) is 22.0 Å². The third-order valence-corrected chi connectivity index (χ3v) is 5.59. The molecule has 0 atom stereocenters. The van der Waals surface area contributed by atoms with Crippen molar-refractivity contribution in [2.24, 2.45) is 7.05 Å². The van der Waals surface area contributed by atoms with Crippen LogP contribution in [0.25, 0.3) is 11.4 Å². The number of halogens is 3. The zero-order chi connectivity index (χ0) is 19.8. The first kappa shape index (κ1) is 19.0. The highest BCUT2D eigenvalue weighted by Crippen LogP contribution is 2.25. The van der Waals surface area contributed by atoms with Crippen LogP contribution in [0.15, 0.2) is 53.6 Å². The fourth-order valence-electron chi connectivity index (χ4n) is 2.46. The van der Waals surface area contributed by atoms with Gasteiger partial charge in [-0.15, -0.1) is 0 Å². The molecular formula is C17H12ClF2N3O3S. The van der Waals surface area contributed by atoms with Gasteiger partial charge < -0.3 is 4.57 Å². The monoisotopic (exact) mass is 411 g/mol. The summed E-state index contributed by atoms with van der Waals surface area (Å²) in [6, 6.07) is 8.89. The Balaban J connectivity index is 1.96. The summed E-state index contributed by atoms with van der Waals surface area (Å²) in [6.45, 7) is 0. The third kappa shape index (κ3) is 3.56. The Morgan fingerprint density at radius 3 is 2.37 bits per heavy atom. The third-order valence-electron chi connectivity index (χ3n) is 3.76. The fraction of sp³-hybridized carbons (Fsp3) is 0.0588. The number of aromatic nitrogens is 2. The van der Waals surface area contributed by atoms with Crippen LogP contribution in [0, 0.1) is 11.6 Å². The van der Waals surface area contributed by atoms with Crippen molar-refractivity contribution in [3.63, 3.8) is 0 Å². The molecule has 0 aliphatic heterocycles. The van der Waals surface area contributed by atoms with Crippen LogP contribution >= 0.6 is 11.6 Å². The zero-order valence-corrected chi connectivity index (χ0v) is 15.4. The van der Waals surface area contributed by atoms with Crippen LogP contribution in [0.4, 0.5) is 8.78 Å². The summed E-state index contributed by atoms with van der Waals surface area (Å²) in [6.07, 6.45) is 1.03. The number of amides is 1. The number of carbonyl (C=O) groups is 1. The van der Waals surface area contributed by atoms with Gasteiger partial charge in [0.15, 0.2) is 0 Å². The molecule has 0 spiro atoms. The molecule has 0 aliphatic carbocycles. The minimum Gasteiger partial charge on any atom is -0.323 e. The maximum Gasteiger partial charge on any atom is 0.283 e. The predicted octanol–water partition coefficient (Wildman–Crippen LogP) is 3.14. The lowest BCUT2D eigenvalue weighted by Gasteiger charge is -2.10. The van der Waals surface area contributed by atoms with E-state index in [1.54, 1.807) is 6.07 Å². The number of nitrogens with one attached hydrogen (secondary N) is 1. The molecule has 6 nitrogen and oxygen atoms in total. The van der Waals surface area contributed by atoms with Crippen LogP contribution < -0.4 is 4.72 Å². The van der Waals surface area contributed by atoms with Crippen molar-refractivity contribution < 1.29 is 22.0 Å². The summed E-state index contributed by atoms with van der Waals surface area (Å²) in [7, 11) is -2.91. The molecule has 10 heteroatoms. The molecule has 27 heavy (non-hydrogen) atoms. The molecule has 0 saturated carbocycles. The van der Waals surface area contributed by atoms with E-state index in [-0.39, 0.29) is 21.4 Å². The molecule has 3 aromatic rings. The van der Waals surface area contributed by atoms with Gasteiger partial charge in [-0.3, -0.25) is 4.79 Å². The Bertz CT molecular complexity index is 1130. The second-order valence-corrected chi connectivity index (χ2v) is 7.55. The summed E-state index contributed by atoms with van der Waals surface area (Å²) < 4.78 is 55.6. The standard InChI is InChI=1S/C17H12ClF2N3O3S/c1-23-13(9-21-16(23)15-11(19)6-4-7-12(15)20)17(24)22-27(25,26)14-8-3-2-5-10(14)18/h2-9H,1H3,(H,22,24). The molecule has 2 aromatic carbocycles. The first-order valence-corrected chi connectivity index (χ1v) is 9.36. The number of hydrogen-bond acceptors (Lipinski definition) is 4. The predicted molar refractivity (Wildman–Crippen MR) is 94.7 cm³/mol. The first-order valence-electron chi connectivity index (χ1n) is 7.50. The topological polar surface area (TPSA) is 81.1 Å². The smallest absolute Gasteiger partial charge is 0.283 e. The van der Waals surface area contributed by atoms with E-state index >= 15 is 0 Å². The maximum absolute atomic E-state index is 14.0. The Hall–Kier alpha value is -2.78. The van der Waals surface area contributed by atoms with Gasteiger partial charge >= 0.3 is 0 Å². The Kier molecular flexibility index (Phi) is 4.99. The second kappa shape index (κ2) is 7.09. The highest BCUT2D eigenvalue weighted by atomic mass is 35.5. The van der Waals surface area contributed by atoms with E-state index in [2.05, 4.69) is 4.98 Å². The van der Waals surface area contributed by atoms with E-state index < -0.39 is 33.1 Å². The molecule has 0 saturated heterocycles. The van der Waals surface area contributed by atoms with Gasteiger partial charge in [0.25, 0.3) is 15.9 Å². The molecule has 1 N–H and O–H groups in total. The Morgan fingerprint density at radius 2 is 1.74 bits per heavy atom. The van der Waals surface area contributed by atoms with Gasteiger partial charge in [-0.05, 0) is 24.3 Å². The number of carbonyl (C=O) groups excluding carboxylic acids is 1. The number of nitrogens with zero attached hydrogens (tertiary/aromatic N) is 2. The summed E-state index contributed by atoms with van der Waals surface area (Å²) in [4.78, 5) is 16.0. The van der Waals surface area contributed by atoms with Crippen molar-refractivity contribution in [2.75, 3.05) is 0 Å². The highest BCUT2D eigenvalue weighted by Gasteiger charge is 2.25. The summed E-state index contributed by atoms with van der Waals surface area (Å²) in [5, 5.41) is -0.0584. The van der Waals surface area contributed by atoms with Gasteiger partial charge in [-0.2, -0.15) is 0 Å². The van der Waals surface area contributed by atoms with Gasteiger partial charge in [-0.1, -0.05) is 29.8 Å². The van der Waals surface area contributed by atoms with Gasteiger partial charge in [0, 0.05) is 7.05 Å². The van der Waals surface area contributed by atoms with Crippen molar-refractivity contribution in [1.82, 2.24) is 14.3 Å². The fourth-order valence-corrected chi connectivity index (χ4v) is 3.94. The van der Waals surface area contributed by atoms with E-state index in [0.717, 1.165) is 22.9 Å². The van der Waals surface area contributed by atoms with Crippen molar-refractivity contribution in [3.05, 3.63) is 71.0 Å². The van der Waals surface area contributed by atoms with Gasteiger partial charge in [0.1, 0.15) is 28.0 Å². The molecule has 3 rings (SSSR count). The molecule has 0 unspecified atom stereocenters. The minimum absolute atomic E-state index is 0.0584. The number of benzene rings is 2. The van der Waals surface area contributed by atoms with Gasteiger partial charge in [0.05, 0.1) is 16.8 Å². The number of hydrogen-bond donors (Lipinski definition) is 1. The second-order valence-electron chi connectivity index (χ2n) is 5.49. The summed E-state index contributed by atoms with van der Waals surface area (Å²) in [5.41, 5.74) is -0.628. The van der Waals surface area contributed by atoms with Gasteiger partial charge in [0.2, 0.25) is 0 Å². The van der Waals surface area contributed by atoms with Crippen molar-refractivity contribution in [1.29, 1.82) is 0 Å². The van der Waals surface area contributed by atoms with E-state index in [0.29, 0.717) is 0 Å². The zero-order valence-electron chi connectivity index (χ0n) is 13.8. The number of rotatable bonds is 4. The van der Waals surface area contributed by atoms with Crippen LogP contribution in [-0.2, 0) is 17.1 Å². The normalized spacial score (nSPS) is 11.4. The lowest BCUT2D eigenvalue weighted by Crippen LogP contribution is -2.32. The van der Waals surface area contributed by atoms with Gasteiger partial charge in [-0.25, -0.2) is 26.9 Å². The van der Waals surface area contributed by atoms with E-state index in [1.165, 1.54) is 31.3 Å². The van der Waals surface area contributed by atoms with Crippen LogP contribution in [0.1, 0.15) is 10.5 Å². The molecule has 0 bridgehead atoms. The Morgan fingerprint density at radius 1 is 1.11 bits per heavy atom. The molecule has 1 heterocycles. The van der Waals surface area contributed by atoms with Crippen LogP contribution in [0.2, 0.25) is 5.02 Å². The van der Waals surface area contributed by atoms with Crippen molar-refractivity contribution >= 4 is 27.5 Å². The molecule has 1 aromatic heterocycles. The maximum atomic E-state index is 14.0. The summed E-state index contributed by atoms with van der Waals surface area (Å²) >= 11 is 5.86. The molecule has 0 fully saturated rings. The summed E-state index contributed by atoms with van der Waals surface area (Å²) in [5.74, 6) is -2.91. The van der Waals surface area contributed by atoms with E-state index in [4.69, 9.17) is 11.6 Å². The largest absolute Gasteiger partial charge is 0.323 e. The lowest BCUT2D eigenvalue weighted by atomic mass is 10.2. The van der Waals surface area contributed by atoms with Crippen LogP contribution in [-0.4, -0.2) is 23.9 Å². The number of sulfonamides is 1. The SMILES string of the molecule is Cn1c(C(=O)NS(=O)(=O)c2ccccc2Cl)cnc1-c1c(F)cccc1F. The average Bonchev–Trinajstić information content (AvgIpc) is 2.96.